The van der Waals surface area contributed by atoms with E-state index in [9.17, 15) is 4.79 Å². The van der Waals surface area contributed by atoms with Gasteiger partial charge in [-0.15, -0.1) is 0 Å². The average Bonchev–Trinajstić information content (AvgIpc) is 2.80. The normalized spacial score (nSPS) is 22.0. The average molecular weight is 329 g/mol. The van der Waals surface area contributed by atoms with Crippen molar-refractivity contribution in [3.63, 3.8) is 0 Å². The summed E-state index contributed by atoms with van der Waals surface area (Å²) in [5, 5.41) is 4.16. The molecule has 2 aromatic rings. The van der Waals surface area contributed by atoms with Crippen LogP contribution in [0.2, 0.25) is 0 Å². The first-order chi connectivity index (χ1) is 11.4. The number of morpholine rings is 1. The van der Waals surface area contributed by atoms with Crippen LogP contribution in [0.4, 0.5) is 0 Å². The minimum Gasteiger partial charge on any atom is -0.373 e. The smallest absolute Gasteiger partial charge is 0.251 e. The highest BCUT2D eigenvalue weighted by atomic mass is 16.5. The summed E-state index contributed by atoms with van der Waals surface area (Å²) < 4.78 is 5.74. The minimum absolute atomic E-state index is 0.00971. The van der Waals surface area contributed by atoms with Gasteiger partial charge in [-0.1, -0.05) is 0 Å². The van der Waals surface area contributed by atoms with E-state index in [0.29, 0.717) is 12.1 Å². The van der Waals surface area contributed by atoms with Gasteiger partial charge < -0.3 is 15.0 Å². The van der Waals surface area contributed by atoms with Crippen LogP contribution in [0, 0.1) is 13.8 Å². The van der Waals surface area contributed by atoms with Crippen molar-refractivity contribution in [3.8, 4) is 0 Å². The van der Waals surface area contributed by atoms with Gasteiger partial charge in [0.2, 0.25) is 0 Å². The van der Waals surface area contributed by atoms with E-state index in [0.717, 1.165) is 36.2 Å². The summed E-state index contributed by atoms with van der Waals surface area (Å²) in [5.41, 5.74) is 4.15. The van der Waals surface area contributed by atoms with Crippen LogP contribution >= 0.6 is 0 Å². The number of aromatic nitrogens is 1. The molecule has 1 saturated heterocycles. The number of aromatic amines is 1. The Hall–Kier alpha value is -1.85. The maximum atomic E-state index is 12.4. The van der Waals surface area contributed by atoms with Gasteiger partial charge in [-0.05, 0) is 51.5 Å². The lowest BCUT2D eigenvalue weighted by Crippen LogP contribution is -2.47. The molecule has 0 saturated carbocycles. The maximum Gasteiger partial charge on any atom is 0.251 e. The molecule has 1 aliphatic heterocycles. The summed E-state index contributed by atoms with van der Waals surface area (Å²) in [7, 11) is 0. The van der Waals surface area contributed by atoms with Crippen molar-refractivity contribution in [3.05, 3.63) is 35.0 Å². The summed E-state index contributed by atoms with van der Waals surface area (Å²) in [6.07, 6.45) is 0.512. The molecule has 2 N–H and O–H groups in total. The minimum atomic E-state index is -0.00971. The summed E-state index contributed by atoms with van der Waals surface area (Å²) >= 11 is 0. The van der Waals surface area contributed by atoms with Crippen LogP contribution in [-0.2, 0) is 4.74 Å². The van der Waals surface area contributed by atoms with Gasteiger partial charge >= 0.3 is 0 Å². The molecule has 3 rings (SSSR count). The Morgan fingerprint density at radius 3 is 2.71 bits per heavy atom. The van der Waals surface area contributed by atoms with Crippen molar-refractivity contribution in [1.29, 1.82) is 0 Å². The lowest BCUT2D eigenvalue weighted by molar-refractivity contribution is -0.0672. The number of nitrogens with zero attached hydrogens (tertiary/aromatic N) is 1. The first-order valence-electron chi connectivity index (χ1n) is 8.69. The number of carbonyl (C=O) groups excluding carboxylic acids is 1. The van der Waals surface area contributed by atoms with E-state index in [1.54, 1.807) is 0 Å². The van der Waals surface area contributed by atoms with Crippen LogP contribution in [-0.4, -0.2) is 54.2 Å². The van der Waals surface area contributed by atoms with Crippen LogP contribution in [0.3, 0.4) is 0 Å². The Bertz CT molecular complexity index is 728. The van der Waals surface area contributed by atoms with Gasteiger partial charge in [0, 0.05) is 48.3 Å². The molecule has 1 amide bonds. The van der Waals surface area contributed by atoms with Gasteiger partial charge in [0.05, 0.1) is 12.2 Å². The summed E-state index contributed by atoms with van der Waals surface area (Å²) in [5.74, 6) is -0.00971. The molecule has 1 aliphatic rings. The quantitative estimate of drug-likeness (QED) is 0.906. The zero-order valence-electron chi connectivity index (χ0n) is 15.0. The molecule has 1 fully saturated rings. The lowest BCUT2D eigenvalue weighted by atomic mass is 10.1. The summed E-state index contributed by atoms with van der Waals surface area (Å²) in [6, 6.07) is 5.84. The highest BCUT2D eigenvalue weighted by molar-refractivity contribution is 5.99. The number of benzene rings is 1. The van der Waals surface area contributed by atoms with Crippen molar-refractivity contribution < 1.29 is 9.53 Å². The van der Waals surface area contributed by atoms with Crippen molar-refractivity contribution in [1.82, 2.24) is 15.2 Å². The third kappa shape index (κ3) is 3.62. The molecule has 5 heteroatoms. The van der Waals surface area contributed by atoms with Crippen LogP contribution in [0.1, 0.15) is 35.5 Å². The first kappa shape index (κ1) is 17.0. The van der Waals surface area contributed by atoms with Crippen molar-refractivity contribution in [2.45, 2.75) is 39.9 Å². The number of amides is 1. The molecule has 0 spiro atoms. The Kier molecular flexibility index (Phi) is 4.92. The fourth-order valence-electron chi connectivity index (χ4n) is 3.50. The van der Waals surface area contributed by atoms with E-state index in [1.807, 2.05) is 18.2 Å². The monoisotopic (exact) mass is 329 g/mol. The molecule has 0 aliphatic carbocycles. The van der Waals surface area contributed by atoms with Crippen LogP contribution in [0.25, 0.3) is 10.9 Å². The lowest BCUT2D eigenvalue weighted by Gasteiger charge is -2.35. The van der Waals surface area contributed by atoms with E-state index in [4.69, 9.17) is 4.74 Å². The first-order valence-corrected chi connectivity index (χ1v) is 8.69. The number of fused-ring (bicyclic) bond motifs is 1. The van der Waals surface area contributed by atoms with Gasteiger partial charge in [0.25, 0.3) is 5.91 Å². The summed E-state index contributed by atoms with van der Waals surface area (Å²) in [4.78, 5) is 18.1. The second-order valence-electron chi connectivity index (χ2n) is 6.91. The molecule has 5 nitrogen and oxygen atoms in total. The number of carbonyl (C=O) groups is 1. The van der Waals surface area contributed by atoms with E-state index in [2.05, 4.69) is 42.9 Å². The molecular weight excluding hydrogens is 302 g/mol. The Morgan fingerprint density at radius 2 is 2.00 bits per heavy atom. The third-order valence-electron chi connectivity index (χ3n) is 4.78. The molecule has 2 heterocycles. The molecule has 0 bridgehead atoms. The predicted molar refractivity (Wildman–Crippen MR) is 96.6 cm³/mol. The molecule has 0 radical (unpaired) electrons. The van der Waals surface area contributed by atoms with Gasteiger partial charge in [0.15, 0.2) is 0 Å². The van der Waals surface area contributed by atoms with Crippen LogP contribution in [0.5, 0.6) is 0 Å². The molecule has 130 valence electrons. The van der Waals surface area contributed by atoms with Gasteiger partial charge in [-0.2, -0.15) is 0 Å². The molecule has 0 unspecified atom stereocenters. The largest absolute Gasteiger partial charge is 0.373 e. The fraction of sp³-hybridized carbons (Fsp3) is 0.526. The number of rotatable bonds is 4. The van der Waals surface area contributed by atoms with Crippen molar-refractivity contribution in [2.75, 3.05) is 26.2 Å². The van der Waals surface area contributed by atoms with E-state index in [-0.39, 0.29) is 18.1 Å². The number of nitrogens with one attached hydrogen (secondary N) is 2. The zero-order valence-corrected chi connectivity index (χ0v) is 15.0. The van der Waals surface area contributed by atoms with E-state index in [1.165, 1.54) is 5.56 Å². The maximum absolute atomic E-state index is 12.4. The molecule has 1 aromatic heterocycles. The topological polar surface area (TPSA) is 57.4 Å². The summed E-state index contributed by atoms with van der Waals surface area (Å²) in [6.45, 7) is 11.7. The highest BCUT2D eigenvalue weighted by Gasteiger charge is 2.21. The number of hydrogen-bond acceptors (Lipinski definition) is 3. The zero-order chi connectivity index (χ0) is 17.3. The molecule has 24 heavy (non-hydrogen) atoms. The molecular formula is C19H27N3O2. The Morgan fingerprint density at radius 1 is 1.29 bits per heavy atom. The van der Waals surface area contributed by atoms with Crippen molar-refractivity contribution in [2.24, 2.45) is 0 Å². The van der Waals surface area contributed by atoms with E-state index < -0.39 is 0 Å². The molecule has 2 atom stereocenters. The third-order valence-corrected chi connectivity index (χ3v) is 4.78. The van der Waals surface area contributed by atoms with Crippen LogP contribution < -0.4 is 5.32 Å². The number of ether oxygens (including phenoxy) is 1. The molecule has 1 aromatic carbocycles. The number of H-pyrrole nitrogens is 1. The predicted octanol–water partition coefficient (Wildman–Crippen LogP) is 2.62. The second-order valence-corrected chi connectivity index (χ2v) is 6.91. The standard InChI is InChI=1S/C19H27N3O2/c1-12-10-22(11-13(2)24-12)8-7-20-19(23)16-5-6-18-17(9-16)14(3)15(4)21-18/h5-6,9,12-13,21H,7-8,10-11H2,1-4H3,(H,20,23)/t12-,13-/m1/s1. The fourth-order valence-corrected chi connectivity index (χ4v) is 3.50. The van der Waals surface area contributed by atoms with Crippen LogP contribution in [0.15, 0.2) is 18.2 Å². The SMILES string of the molecule is Cc1[nH]c2ccc(C(=O)NCCN3C[C@@H](C)O[C@H](C)C3)cc2c1C. The van der Waals surface area contributed by atoms with Gasteiger partial charge in [-0.3, -0.25) is 9.69 Å². The Balaban J connectivity index is 1.58. The van der Waals surface area contributed by atoms with Crippen molar-refractivity contribution >= 4 is 16.8 Å². The second kappa shape index (κ2) is 6.95. The number of hydrogen-bond donors (Lipinski definition) is 2. The Labute approximate surface area is 143 Å². The van der Waals surface area contributed by atoms with Gasteiger partial charge in [-0.25, -0.2) is 0 Å². The number of aryl methyl sites for hydroxylation is 2. The highest BCUT2D eigenvalue weighted by Crippen LogP contribution is 2.22. The van der Waals surface area contributed by atoms with E-state index >= 15 is 0 Å². The van der Waals surface area contributed by atoms with Gasteiger partial charge in [0.1, 0.15) is 0 Å².